The molecule has 2 aromatic rings. The maximum atomic E-state index is 13.2. The molecule has 2 rings (SSSR count). The van der Waals surface area contributed by atoms with Gasteiger partial charge in [-0.1, -0.05) is 17.7 Å². The van der Waals surface area contributed by atoms with Crippen LogP contribution in [0.5, 0.6) is 0 Å². The molecule has 0 aliphatic heterocycles. The van der Waals surface area contributed by atoms with E-state index in [2.05, 4.69) is 21.2 Å². The first-order valence-electron chi connectivity index (χ1n) is 5.50. The van der Waals surface area contributed by atoms with Gasteiger partial charge in [0.1, 0.15) is 5.82 Å². The predicted molar refractivity (Wildman–Crippen MR) is 78.2 cm³/mol. The highest BCUT2D eigenvalue weighted by molar-refractivity contribution is 9.10. The molecule has 0 aliphatic carbocycles. The third kappa shape index (κ3) is 3.33. The van der Waals surface area contributed by atoms with Crippen molar-refractivity contribution in [1.82, 2.24) is 0 Å². The van der Waals surface area contributed by atoms with Gasteiger partial charge >= 0.3 is 0 Å². The Kier molecular flexibility index (Phi) is 4.22. The molecule has 98 valence electrons. The van der Waals surface area contributed by atoms with Gasteiger partial charge in [0.25, 0.3) is 5.91 Å². The molecule has 0 spiro atoms. The normalized spacial score (nSPS) is 10.3. The molecule has 0 atom stereocenters. The molecule has 0 aliphatic rings. The van der Waals surface area contributed by atoms with Gasteiger partial charge in [-0.05, 0) is 58.7 Å². The van der Waals surface area contributed by atoms with Gasteiger partial charge in [-0.25, -0.2) is 4.39 Å². The lowest BCUT2D eigenvalue weighted by molar-refractivity contribution is 0.102. The Morgan fingerprint density at radius 3 is 2.74 bits per heavy atom. The van der Waals surface area contributed by atoms with E-state index in [1.165, 1.54) is 18.2 Å². The van der Waals surface area contributed by atoms with Crippen molar-refractivity contribution < 1.29 is 9.18 Å². The maximum Gasteiger partial charge on any atom is 0.256 e. The van der Waals surface area contributed by atoms with Crippen molar-refractivity contribution in [3.05, 3.63) is 62.8 Å². The average molecular weight is 343 g/mol. The number of hydrogen-bond acceptors (Lipinski definition) is 1. The van der Waals surface area contributed by atoms with E-state index in [4.69, 9.17) is 11.6 Å². The molecule has 5 heteroatoms. The Morgan fingerprint density at radius 1 is 1.26 bits per heavy atom. The summed E-state index contributed by atoms with van der Waals surface area (Å²) >= 11 is 9.13. The SMILES string of the molecule is Cc1ccc(Cl)cc1C(=O)Nc1cc(F)ccc1Br. The molecule has 0 saturated heterocycles. The number of amides is 1. The molecule has 0 saturated carbocycles. The van der Waals surface area contributed by atoms with Crippen LogP contribution in [0.25, 0.3) is 0 Å². The molecule has 0 aromatic heterocycles. The fraction of sp³-hybridized carbons (Fsp3) is 0.0714. The third-order valence-electron chi connectivity index (χ3n) is 2.62. The lowest BCUT2D eigenvalue weighted by Gasteiger charge is -2.09. The van der Waals surface area contributed by atoms with Crippen LogP contribution in [0.2, 0.25) is 5.02 Å². The highest BCUT2D eigenvalue weighted by Gasteiger charge is 2.12. The monoisotopic (exact) mass is 341 g/mol. The van der Waals surface area contributed by atoms with E-state index >= 15 is 0 Å². The van der Waals surface area contributed by atoms with E-state index < -0.39 is 5.82 Å². The van der Waals surface area contributed by atoms with Crippen LogP contribution in [0.15, 0.2) is 40.9 Å². The zero-order valence-electron chi connectivity index (χ0n) is 10.0. The largest absolute Gasteiger partial charge is 0.321 e. The molecule has 19 heavy (non-hydrogen) atoms. The van der Waals surface area contributed by atoms with E-state index in [1.807, 2.05) is 6.92 Å². The van der Waals surface area contributed by atoms with Crippen molar-refractivity contribution in [3.63, 3.8) is 0 Å². The van der Waals surface area contributed by atoms with Crippen LogP contribution in [0.1, 0.15) is 15.9 Å². The second-order valence-electron chi connectivity index (χ2n) is 4.04. The summed E-state index contributed by atoms with van der Waals surface area (Å²) in [5.41, 5.74) is 1.64. The summed E-state index contributed by atoms with van der Waals surface area (Å²) in [5, 5.41) is 3.13. The molecule has 1 N–H and O–H groups in total. The minimum Gasteiger partial charge on any atom is -0.321 e. The highest BCUT2D eigenvalue weighted by atomic mass is 79.9. The lowest BCUT2D eigenvalue weighted by Crippen LogP contribution is -2.13. The van der Waals surface area contributed by atoms with Crippen molar-refractivity contribution in [2.45, 2.75) is 6.92 Å². The molecule has 2 nitrogen and oxygen atoms in total. The molecule has 0 unspecified atom stereocenters. The number of aryl methyl sites for hydroxylation is 1. The summed E-state index contributed by atoms with van der Waals surface area (Å²) < 4.78 is 13.8. The maximum absolute atomic E-state index is 13.2. The minimum absolute atomic E-state index is 0.327. The van der Waals surface area contributed by atoms with Crippen molar-refractivity contribution in [2.75, 3.05) is 5.32 Å². The summed E-state index contributed by atoms with van der Waals surface area (Å²) in [6.45, 7) is 1.81. The smallest absolute Gasteiger partial charge is 0.256 e. The Labute approximate surface area is 123 Å². The van der Waals surface area contributed by atoms with Crippen LogP contribution in [-0.4, -0.2) is 5.91 Å². The summed E-state index contributed by atoms with van der Waals surface area (Å²) in [6.07, 6.45) is 0. The van der Waals surface area contributed by atoms with Crippen molar-refractivity contribution in [3.8, 4) is 0 Å². The number of carbonyl (C=O) groups excluding carboxylic acids is 1. The Morgan fingerprint density at radius 2 is 2.00 bits per heavy atom. The van der Waals surface area contributed by atoms with Crippen molar-refractivity contribution >= 4 is 39.1 Å². The highest BCUT2D eigenvalue weighted by Crippen LogP contribution is 2.24. The fourth-order valence-corrected chi connectivity index (χ4v) is 2.14. The molecule has 0 heterocycles. The molecule has 1 amide bonds. The molecule has 0 bridgehead atoms. The number of carbonyl (C=O) groups is 1. The van der Waals surface area contributed by atoms with Gasteiger partial charge in [0.2, 0.25) is 0 Å². The Balaban J connectivity index is 2.30. The molecule has 0 fully saturated rings. The molecular formula is C14H10BrClFNO. The quantitative estimate of drug-likeness (QED) is 0.834. The number of nitrogens with one attached hydrogen (secondary N) is 1. The lowest BCUT2D eigenvalue weighted by atomic mass is 10.1. The van der Waals surface area contributed by atoms with Crippen LogP contribution < -0.4 is 5.32 Å². The van der Waals surface area contributed by atoms with Gasteiger partial charge in [0, 0.05) is 15.1 Å². The van der Waals surface area contributed by atoms with Gasteiger partial charge in [-0.2, -0.15) is 0 Å². The predicted octanol–water partition coefficient (Wildman–Crippen LogP) is 4.80. The van der Waals surface area contributed by atoms with Crippen LogP contribution in [-0.2, 0) is 0 Å². The second-order valence-corrected chi connectivity index (χ2v) is 5.33. The molecule has 0 radical (unpaired) electrons. The standard InChI is InChI=1S/C14H10BrClFNO/c1-8-2-3-9(16)6-11(8)14(19)18-13-7-10(17)4-5-12(13)15/h2-7H,1H3,(H,18,19). The fourth-order valence-electron chi connectivity index (χ4n) is 1.62. The first-order valence-corrected chi connectivity index (χ1v) is 6.67. The Hall–Kier alpha value is -1.39. The van der Waals surface area contributed by atoms with E-state index in [9.17, 15) is 9.18 Å². The van der Waals surface area contributed by atoms with Crippen LogP contribution in [0.4, 0.5) is 10.1 Å². The zero-order chi connectivity index (χ0) is 14.0. The minimum atomic E-state index is -0.415. The van der Waals surface area contributed by atoms with Crippen LogP contribution in [0, 0.1) is 12.7 Å². The summed E-state index contributed by atoms with van der Waals surface area (Å²) in [7, 11) is 0. The van der Waals surface area contributed by atoms with Gasteiger partial charge in [-0.3, -0.25) is 4.79 Å². The van der Waals surface area contributed by atoms with Gasteiger partial charge in [0.05, 0.1) is 5.69 Å². The van der Waals surface area contributed by atoms with Crippen LogP contribution in [0.3, 0.4) is 0 Å². The number of anilines is 1. The van der Waals surface area contributed by atoms with E-state index in [0.717, 1.165) is 5.56 Å². The van der Waals surface area contributed by atoms with E-state index in [0.29, 0.717) is 20.7 Å². The van der Waals surface area contributed by atoms with Crippen LogP contribution >= 0.6 is 27.5 Å². The van der Waals surface area contributed by atoms with E-state index in [1.54, 1.807) is 18.2 Å². The number of benzene rings is 2. The van der Waals surface area contributed by atoms with Crippen molar-refractivity contribution in [2.24, 2.45) is 0 Å². The number of hydrogen-bond donors (Lipinski definition) is 1. The van der Waals surface area contributed by atoms with E-state index in [-0.39, 0.29) is 5.91 Å². The summed E-state index contributed by atoms with van der Waals surface area (Å²) in [5.74, 6) is -0.743. The molecular weight excluding hydrogens is 333 g/mol. The van der Waals surface area contributed by atoms with Gasteiger partial charge in [-0.15, -0.1) is 0 Å². The van der Waals surface area contributed by atoms with Gasteiger partial charge < -0.3 is 5.32 Å². The second kappa shape index (κ2) is 5.72. The zero-order valence-corrected chi connectivity index (χ0v) is 12.3. The van der Waals surface area contributed by atoms with Gasteiger partial charge in [0.15, 0.2) is 0 Å². The first-order chi connectivity index (χ1) is 8.97. The van der Waals surface area contributed by atoms with Crippen molar-refractivity contribution in [1.29, 1.82) is 0 Å². The average Bonchev–Trinajstić information content (AvgIpc) is 2.36. The number of halogens is 3. The topological polar surface area (TPSA) is 29.1 Å². The first kappa shape index (κ1) is 14.0. The number of rotatable bonds is 2. The summed E-state index contributed by atoms with van der Waals surface area (Å²) in [6, 6.07) is 9.16. The Bertz CT molecular complexity index is 645. The third-order valence-corrected chi connectivity index (χ3v) is 3.55. The molecule has 2 aromatic carbocycles. The summed E-state index contributed by atoms with van der Waals surface area (Å²) in [4.78, 5) is 12.1.